The Hall–Kier alpha value is -3.42. The Labute approximate surface area is 150 Å². The first kappa shape index (κ1) is 17.4. The fourth-order valence-electron chi connectivity index (χ4n) is 2.66. The molecule has 0 aliphatic carbocycles. The molecule has 0 radical (unpaired) electrons. The standard InChI is InChI=1S/C18H19N5O3/c1-11-21-22-17(12-7-5-8-13(20-12)18(24)19-2)23(11)16-14(25-3)9-6-10-15(16)26-4/h5-10H,1-4H3,(H,19,24). The van der Waals surface area contributed by atoms with Crippen LogP contribution in [0.4, 0.5) is 0 Å². The Kier molecular flexibility index (Phi) is 4.83. The molecule has 0 fully saturated rings. The molecule has 26 heavy (non-hydrogen) atoms. The maximum absolute atomic E-state index is 11.9. The van der Waals surface area contributed by atoms with Gasteiger partial charge < -0.3 is 14.8 Å². The molecule has 1 amide bonds. The van der Waals surface area contributed by atoms with Crippen molar-refractivity contribution < 1.29 is 14.3 Å². The maximum atomic E-state index is 11.9. The molecule has 0 unspecified atom stereocenters. The second kappa shape index (κ2) is 7.22. The van der Waals surface area contributed by atoms with Gasteiger partial charge in [0, 0.05) is 7.05 Å². The molecule has 134 valence electrons. The number of nitrogens with zero attached hydrogens (tertiary/aromatic N) is 4. The highest BCUT2D eigenvalue weighted by atomic mass is 16.5. The molecule has 3 rings (SSSR count). The van der Waals surface area contributed by atoms with Crippen molar-refractivity contribution in [2.24, 2.45) is 0 Å². The van der Waals surface area contributed by atoms with Crippen LogP contribution >= 0.6 is 0 Å². The summed E-state index contributed by atoms with van der Waals surface area (Å²) in [4.78, 5) is 16.3. The summed E-state index contributed by atoms with van der Waals surface area (Å²) in [5.74, 6) is 2.06. The van der Waals surface area contributed by atoms with Gasteiger partial charge in [0.25, 0.3) is 5.91 Å². The molecule has 8 heteroatoms. The van der Waals surface area contributed by atoms with Crippen LogP contribution in [0.25, 0.3) is 17.2 Å². The van der Waals surface area contributed by atoms with Crippen LogP contribution in [0.15, 0.2) is 36.4 Å². The van der Waals surface area contributed by atoms with Gasteiger partial charge in [-0.15, -0.1) is 10.2 Å². The van der Waals surface area contributed by atoms with Crippen LogP contribution in [0.3, 0.4) is 0 Å². The Balaban J connectivity index is 2.23. The van der Waals surface area contributed by atoms with Crippen molar-refractivity contribution in [3.63, 3.8) is 0 Å². The zero-order valence-electron chi connectivity index (χ0n) is 15.0. The van der Waals surface area contributed by atoms with Gasteiger partial charge in [-0.3, -0.25) is 9.36 Å². The number of aromatic nitrogens is 4. The predicted molar refractivity (Wildman–Crippen MR) is 95.8 cm³/mol. The lowest BCUT2D eigenvalue weighted by atomic mass is 10.2. The van der Waals surface area contributed by atoms with Crippen LogP contribution in [0.2, 0.25) is 0 Å². The number of methoxy groups -OCH3 is 2. The van der Waals surface area contributed by atoms with Gasteiger partial charge in [-0.05, 0) is 31.2 Å². The quantitative estimate of drug-likeness (QED) is 0.754. The molecule has 0 spiro atoms. The summed E-state index contributed by atoms with van der Waals surface area (Å²) in [6.45, 7) is 1.82. The van der Waals surface area contributed by atoms with Crippen LogP contribution in [-0.2, 0) is 0 Å². The van der Waals surface area contributed by atoms with Crippen molar-refractivity contribution >= 4 is 5.91 Å². The molecule has 2 aromatic heterocycles. The molecule has 1 aromatic carbocycles. The van der Waals surface area contributed by atoms with Gasteiger partial charge in [0.1, 0.15) is 34.4 Å². The van der Waals surface area contributed by atoms with E-state index in [4.69, 9.17) is 9.47 Å². The van der Waals surface area contributed by atoms with Crippen LogP contribution in [0, 0.1) is 6.92 Å². The van der Waals surface area contributed by atoms with Crippen LogP contribution in [-0.4, -0.2) is 46.9 Å². The minimum atomic E-state index is -0.274. The highest BCUT2D eigenvalue weighted by Crippen LogP contribution is 2.35. The van der Waals surface area contributed by atoms with Crippen molar-refractivity contribution in [2.45, 2.75) is 6.92 Å². The number of nitrogens with one attached hydrogen (secondary N) is 1. The van der Waals surface area contributed by atoms with Gasteiger partial charge in [0.2, 0.25) is 0 Å². The number of para-hydroxylation sites is 1. The molecule has 2 heterocycles. The van der Waals surface area contributed by atoms with Gasteiger partial charge >= 0.3 is 0 Å². The number of carbonyl (C=O) groups is 1. The van der Waals surface area contributed by atoms with Gasteiger partial charge in [0.05, 0.1) is 14.2 Å². The summed E-state index contributed by atoms with van der Waals surface area (Å²) in [7, 11) is 4.73. The zero-order valence-corrected chi connectivity index (χ0v) is 15.0. The third kappa shape index (κ3) is 2.97. The Morgan fingerprint density at radius 1 is 1.04 bits per heavy atom. The zero-order chi connectivity index (χ0) is 18.7. The third-order valence-electron chi connectivity index (χ3n) is 3.89. The van der Waals surface area contributed by atoms with Crippen molar-refractivity contribution in [2.75, 3.05) is 21.3 Å². The second-order valence-corrected chi connectivity index (χ2v) is 5.40. The van der Waals surface area contributed by atoms with Crippen LogP contribution in [0.5, 0.6) is 11.5 Å². The van der Waals surface area contributed by atoms with Crippen LogP contribution in [0.1, 0.15) is 16.3 Å². The Morgan fingerprint density at radius 2 is 1.69 bits per heavy atom. The van der Waals surface area contributed by atoms with E-state index in [0.29, 0.717) is 40.2 Å². The van der Waals surface area contributed by atoms with E-state index >= 15 is 0 Å². The number of aryl methyl sites for hydroxylation is 1. The molecule has 3 aromatic rings. The summed E-state index contributed by atoms with van der Waals surface area (Å²) in [6, 6.07) is 10.7. The number of pyridine rings is 1. The normalized spacial score (nSPS) is 10.5. The van der Waals surface area contributed by atoms with Crippen molar-refractivity contribution in [3.05, 3.63) is 47.9 Å². The lowest BCUT2D eigenvalue weighted by molar-refractivity contribution is 0.0958. The van der Waals surface area contributed by atoms with Crippen molar-refractivity contribution in [1.82, 2.24) is 25.1 Å². The highest BCUT2D eigenvalue weighted by molar-refractivity contribution is 5.92. The number of ether oxygens (including phenoxy) is 2. The predicted octanol–water partition coefficient (Wildman–Crippen LogP) is 2.01. The topological polar surface area (TPSA) is 91.2 Å². The molecule has 0 aliphatic rings. The molecule has 0 bridgehead atoms. The monoisotopic (exact) mass is 353 g/mol. The van der Waals surface area contributed by atoms with E-state index in [-0.39, 0.29) is 5.91 Å². The Morgan fingerprint density at radius 3 is 2.31 bits per heavy atom. The van der Waals surface area contributed by atoms with E-state index in [1.165, 1.54) is 0 Å². The molecular weight excluding hydrogens is 334 g/mol. The number of carbonyl (C=O) groups excluding carboxylic acids is 1. The summed E-state index contributed by atoms with van der Waals surface area (Å²) in [5, 5.41) is 11.0. The second-order valence-electron chi connectivity index (χ2n) is 5.40. The van der Waals surface area contributed by atoms with Crippen LogP contribution < -0.4 is 14.8 Å². The molecular formula is C18H19N5O3. The lowest BCUT2D eigenvalue weighted by Crippen LogP contribution is -2.19. The number of rotatable bonds is 5. The summed E-state index contributed by atoms with van der Waals surface area (Å²) in [5.41, 5.74) is 1.48. The highest BCUT2D eigenvalue weighted by Gasteiger charge is 2.21. The SMILES string of the molecule is CNC(=O)c1cccc(-c2nnc(C)n2-c2c(OC)cccc2OC)n1. The summed E-state index contributed by atoms with van der Waals surface area (Å²) < 4.78 is 12.8. The largest absolute Gasteiger partial charge is 0.494 e. The summed E-state index contributed by atoms with van der Waals surface area (Å²) >= 11 is 0. The van der Waals surface area contributed by atoms with Gasteiger partial charge in [0.15, 0.2) is 5.82 Å². The minimum absolute atomic E-state index is 0.274. The molecule has 0 atom stereocenters. The van der Waals surface area contributed by atoms with E-state index < -0.39 is 0 Å². The minimum Gasteiger partial charge on any atom is -0.494 e. The smallest absolute Gasteiger partial charge is 0.269 e. The number of benzene rings is 1. The van der Waals surface area contributed by atoms with E-state index in [1.807, 2.05) is 25.1 Å². The van der Waals surface area contributed by atoms with E-state index in [2.05, 4.69) is 20.5 Å². The first-order valence-corrected chi connectivity index (χ1v) is 7.93. The molecule has 0 aliphatic heterocycles. The number of amides is 1. The number of hydrogen-bond donors (Lipinski definition) is 1. The molecule has 0 saturated carbocycles. The molecule has 8 nitrogen and oxygen atoms in total. The first-order valence-electron chi connectivity index (χ1n) is 7.93. The van der Waals surface area contributed by atoms with Gasteiger partial charge in [-0.2, -0.15) is 0 Å². The Bertz CT molecular complexity index is 929. The first-order chi connectivity index (χ1) is 12.6. The van der Waals surface area contributed by atoms with E-state index in [0.717, 1.165) is 0 Å². The van der Waals surface area contributed by atoms with E-state index in [1.54, 1.807) is 44.0 Å². The maximum Gasteiger partial charge on any atom is 0.269 e. The average Bonchev–Trinajstić information content (AvgIpc) is 3.07. The lowest BCUT2D eigenvalue weighted by Gasteiger charge is -2.16. The van der Waals surface area contributed by atoms with Crippen molar-refractivity contribution in [1.29, 1.82) is 0 Å². The van der Waals surface area contributed by atoms with Crippen molar-refractivity contribution in [3.8, 4) is 28.7 Å². The van der Waals surface area contributed by atoms with Gasteiger partial charge in [-0.1, -0.05) is 12.1 Å². The molecule has 1 N–H and O–H groups in total. The fourth-order valence-corrected chi connectivity index (χ4v) is 2.66. The summed E-state index contributed by atoms with van der Waals surface area (Å²) in [6.07, 6.45) is 0. The third-order valence-corrected chi connectivity index (χ3v) is 3.89. The van der Waals surface area contributed by atoms with E-state index in [9.17, 15) is 4.79 Å². The number of hydrogen-bond acceptors (Lipinski definition) is 6. The fraction of sp³-hybridized carbons (Fsp3) is 0.222. The molecule has 0 saturated heterocycles. The average molecular weight is 353 g/mol. The van der Waals surface area contributed by atoms with Gasteiger partial charge in [-0.25, -0.2) is 4.98 Å².